The molecule has 0 fully saturated rings. The van der Waals surface area contributed by atoms with Crippen LogP contribution in [0.1, 0.15) is 0 Å². The van der Waals surface area contributed by atoms with E-state index in [1.54, 1.807) is 0 Å². The molecule has 0 atom stereocenters. The van der Waals surface area contributed by atoms with Gasteiger partial charge in [-0.15, -0.1) is 0 Å². The van der Waals surface area contributed by atoms with Crippen LogP contribution in [0.5, 0.6) is 0 Å². The quantitative estimate of drug-likeness (QED) is 0.353. The molecule has 0 amide bonds. The molecule has 28 valence electrons. The SMILES string of the molecule is [C-]#N.[C-]#N.[Ca].[Fe+2]. The van der Waals surface area contributed by atoms with Crippen molar-refractivity contribution in [3.05, 3.63) is 13.1 Å². The first-order chi connectivity index (χ1) is 2.00. The van der Waals surface area contributed by atoms with Gasteiger partial charge in [0.1, 0.15) is 0 Å². The van der Waals surface area contributed by atoms with E-state index in [1.807, 2.05) is 0 Å². The third kappa shape index (κ3) is 117. The summed E-state index contributed by atoms with van der Waals surface area (Å²) < 4.78 is 0. The Morgan fingerprint density at radius 3 is 0.833 bits per heavy atom. The zero-order valence-corrected chi connectivity index (χ0v) is 6.27. The molecule has 0 aromatic heterocycles. The van der Waals surface area contributed by atoms with E-state index < -0.39 is 0 Å². The summed E-state index contributed by atoms with van der Waals surface area (Å²) in [5, 5.41) is 12.5. The fraction of sp³-hybridized carbons (Fsp3) is 0. The molecule has 0 spiro atoms. The second kappa shape index (κ2) is 226. The fourth-order valence-corrected chi connectivity index (χ4v) is 0. The Morgan fingerprint density at radius 1 is 0.833 bits per heavy atom. The Hall–Kier alpha value is 0.759. The molecule has 0 aliphatic carbocycles. The van der Waals surface area contributed by atoms with Crippen LogP contribution in [0.4, 0.5) is 0 Å². The second-order valence-electron chi connectivity index (χ2n) is 0. The minimum Gasteiger partial charge on any atom is -0.512 e. The summed E-state index contributed by atoms with van der Waals surface area (Å²) in [6, 6.07) is 0. The Labute approximate surface area is 77.6 Å². The van der Waals surface area contributed by atoms with Crippen molar-refractivity contribution in [2.24, 2.45) is 0 Å². The average molecular weight is 148 g/mol. The molecule has 0 aliphatic rings. The molecule has 4 heteroatoms. The monoisotopic (exact) mass is 148 g/mol. The molecular formula is C2CaFeN2. The molecule has 0 saturated carbocycles. The van der Waals surface area contributed by atoms with Crippen LogP contribution in [0.15, 0.2) is 0 Å². The summed E-state index contributed by atoms with van der Waals surface area (Å²) in [7, 11) is 0. The van der Waals surface area contributed by atoms with Crippen LogP contribution < -0.4 is 0 Å². The summed E-state index contributed by atoms with van der Waals surface area (Å²) >= 11 is 0. The number of rotatable bonds is 0. The van der Waals surface area contributed by atoms with Crippen molar-refractivity contribution in [2.75, 3.05) is 0 Å². The van der Waals surface area contributed by atoms with Gasteiger partial charge in [-0.25, -0.2) is 0 Å². The molecular weight excluding hydrogens is 148 g/mol. The molecule has 0 aromatic carbocycles. The maximum Gasteiger partial charge on any atom is 2.00 e. The first-order valence-electron chi connectivity index (χ1n) is 0.447. The van der Waals surface area contributed by atoms with Gasteiger partial charge in [0.25, 0.3) is 0 Å². The van der Waals surface area contributed by atoms with E-state index in [0.29, 0.717) is 0 Å². The minimum atomic E-state index is 0. The summed E-state index contributed by atoms with van der Waals surface area (Å²) in [5.74, 6) is 0. The summed E-state index contributed by atoms with van der Waals surface area (Å²) in [6.07, 6.45) is 0. The maximum atomic E-state index is 6.25. The predicted molar refractivity (Wildman–Crippen MR) is 15.7 cm³/mol. The van der Waals surface area contributed by atoms with Crippen LogP contribution in [-0.4, -0.2) is 37.7 Å². The van der Waals surface area contributed by atoms with Gasteiger partial charge in [0, 0.05) is 37.7 Å². The van der Waals surface area contributed by atoms with Gasteiger partial charge in [-0.05, 0) is 0 Å². The minimum absolute atomic E-state index is 0. The van der Waals surface area contributed by atoms with Gasteiger partial charge in [0.2, 0.25) is 0 Å². The van der Waals surface area contributed by atoms with Crippen LogP contribution >= 0.6 is 0 Å². The van der Waals surface area contributed by atoms with Crippen molar-refractivity contribution in [1.82, 2.24) is 0 Å². The van der Waals surface area contributed by atoms with Gasteiger partial charge in [0.05, 0.1) is 0 Å². The Bertz CT molecular complexity index is 27.0. The summed E-state index contributed by atoms with van der Waals surface area (Å²) in [4.78, 5) is 0. The van der Waals surface area contributed by atoms with Crippen molar-refractivity contribution in [1.29, 1.82) is 10.5 Å². The van der Waals surface area contributed by atoms with Crippen LogP contribution in [0.25, 0.3) is 0 Å². The van der Waals surface area contributed by atoms with Crippen molar-refractivity contribution < 1.29 is 17.1 Å². The topological polar surface area (TPSA) is 47.6 Å². The van der Waals surface area contributed by atoms with E-state index in [0.717, 1.165) is 0 Å². The largest absolute Gasteiger partial charge is 2.00 e. The van der Waals surface area contributed by atoms with Crippen molar-refractivity contribution in [3.8, 4) is 0 Å². The first-order valence-corrected chi connectivity index (χ1v) is 0.447. The van der Waals surface area contributed by atoms with E-state index in [4.69, 9.17) is 23.7 Å². The van der Waals surface area contributed by atoms with Crippen LogP contribution in [0, 0.1) is 23.7 Å². The van der Waals surface area contributed by atoms with Gasteiger partial charge >= 0.3 is 17.1 Å². The fourth-order valence-electron chi connectivity index (χ4n) is 0. The Morgan fingerprint density at radius 2 is 0.833 bits per heavy atom. The third-order valence-corrected chi connectivity index (χ3v) is 0. The molecule has 2 radical (unpaired) electrons. The third-order valence-electron chi connectivity index (χ3n) is 0. The van der Waals surface area contributed by atoms with E-state index in [-0.39, 0.29) is 54.8 Å². The van der Waals surface area contributed by atoms with E-state index in [2.05, 4.69) is 0 Å². The van der Waals surface area contributed by atoms with Gasteiger partial charge < -0.3 is 23.7 Å². The van der Waals surface area contributed by atoms with Gasteiger partial charge in [-0.3, -0.25) is 0 Å². The average Bonchev–Trinajstić information content (AvgIpc) is 1.50. The van der Waals surface area contributed by atoms with Crippen LogP contribution in [0.3, 0.4) is 0 Å². The predicted octanol–water partition coefficient (Wildman–Crippen LogP) is -0.191. The molecule has 0 saturated heterocycles. The van der Waals surface area contributed by atoms with Gasteiger partial charge in [-0.2, -0.15) is 0 Å². The zero-order chi connectivity index (χ0) is 4.00. The number of nitrogens with zero attached hydrogens (tertiary/aromatic N) is 2. The van der Waals surface area contributed by atoms with Gasteiger partial charge in [0.15, 0.2) is 0 Å². The Kier molecular flexibility index (Phi) is 1110. The molecule has 0 aromatic rings. The zero-order valence-electron chi connectivity index (χ0n) is 2.96. The molecule has 0 aliphatic heterocycles. The Balaban J connectivity index is -0.00000000500. The number of hydrogen-bond acceptors (Lipinski definition) is 2. The van der Waals surface area contributed by atoms with Crippen molar-refractivity contribution in [2.45, 2.75) is 0 Å². The molecule has 0 unspecified atom stereocenters. The van der Waals surface area contributed by atoms with Crippen LogP contribution in [-0.2, 0) is 17.1 Å². The van der Waals surface area contributed by atoms with Crippen molar-refractivity contribution in [3.63, 3.8) is 0 Å². The first kappa shape index (κ1) is 29.4. The van der Waals surface area contributed by atoms with E-state index in [9.17, 15) is 0 Å². The molecule has 2 nitrogen and oxygen atoms in total. The standard InChI is InChI=1S/2CN.Ca.Fe/c2*1-2;;/q2*-1;;+2. The van der Waals surface area contributed by atoms with Gasteiger partial charge in [-0.1, -0.05) is 0 Å². The molecule has 0 bridgehead atoms. The van der Waals surface area contributed by atoms with E-state index in [1.165, 1.54) is 0 Å². The van der Waals surface area contributed by atoms with Crippen LogP contribution in [0.2, 0.25) is 0 Å². The molecule has 0 rings (SSSR count). The second-order valence-corrected chi connectivity index (χ2v) is 0. The molecule has 6 heavy (non-hydrogen) atoms. The molecule has 0 heterocycles. The smallest absolute Gasteiger partial charge is 0.512 e. The summed E-state index contributed by atoms with van der Waals surface area (Å²) in [5.41, 5.74) is 0. The van der Waals surface area contributed by atoms with Crippen molar-refractivity contribution >= 4 is 37.7 Å². The molecule has 0 N–H and O–H groups in total. The normalized spacial score (nSPS) is 0.667. The maximum absolute atomic E-state index is 6.25. The summed E-state index contributed by atoms with van der Waals surface area (Å²) in [6.45, 7) is 9.50. The van der Waals surface area contributed by atoms with E-state index >= 15 is 0 Å². The number of hydrogen-bond donors (Lipinski definition) is 0.